The van der Waals surface area contributed by atoms with Gasteiger partial charge in [0, 0.05) is 0 Å². The van der Waals surface area contributed by atoms with Crippen molar-refractivity contribution in [3.8, 4) is 0 Å². The highest BCUT2D eigenvalue weighted by Gasteiger charge is 2.31. The van der Waals surface area contributed by atoms with Gasteiger partial charge in [-0.25, -0.2) is 0 Å². The van der Waals surface area contributed by atoms with E-state index in [4.69, 9.17) is 0 Å². The SMILES string of the molecule is CC(C)(C)C(C)(C)C[B]c1ccccc1. The van der Waals surface area contributed by atoms with Gasteiger partial charge in [-0.15, -0.1) is 0 Å². The first-order valence-corrected chi connectivity index (χ1v) is 5.71. The summed E-state index contributed by atoms with van der Waals surface area (Å²) in [6.07, 6.45) is 1.13. The average molecular weight is 201 g/mol. The van der Waals surface area contributed by atoms with Gasteiger partial charge < -0.3 is 0 Å². The molecule has 0 bridgehead atoms. The zero-order valence-corrected chi connectivity index (χ0v) is 10.7. The van der Waals surface area contributed by atoms with Gasteiger partial charge in [-0.05, 0) is 10.8 Å². The second kappa shape index (κ2) is 4.43. The number of rotatable bonds is 3. The molecular formula is C14H22B. The number of hydrogen-bond donors (Lipinski definition) is 0. The van der Waals surface area contributed by atoms with Gasteiger partial charge in [0.1, 0.15) is 0 Å². The molecule has 0 aliphatic rings. The Morgan fingerprint density at radius 2 is 1.47 bits per heavy atom. The molecule has 0 spiro atoms. The first-order chi connectivity index (χ1) is 6.83. The van der Waals surface area contributed by atoms with E-state index in [0.717, 1.165) is 6.32 Å². The molecule has 0 aromatic heterocycles. The maximum atomic E-state index is 2.34. The van der Waals surface area contributed by atoms with Gasteiger partial charge in [0.15, 0.2) is 7.28 Å². The third-order valence-corrected chi connectivity index (χ3v) is 3.68. The molecule has 0 fully saturated rings. The van der Waals surface area contributed by atoms with Crippen LogP contribution in [0.5, 0.6) is 0 Å². The Kier molecular flexibility index (Phi) is 3.65. The number of benzene rings is 1. The molecular weight excluding hydrogens is 179 g/mol. The molecule has 1 aromatic rings. The Morgan fingerprint density at radius 1 is 0.933 bits per heavy atom. The minimum absolute atomic E-state index is 0.336. The van der Waals surface area contributed by atoms with Crippen LogP contribution in [0.2, 0.25) is 6.32 Å². The molecule has 0 N–H and O–H groups in total. The molecule has 0 unspecified atom stereocenters. The summed E-state index contributed by atoms with van der Waals surface area (Å²) in [6.45, 7) is 11.6. The molecule has 0 heterocycles. The Morgan fingerprint density at radius 3 is 1.93 bits per heavy atom. The molecule has 0 amide bonds. The van der Waals surface area contributed by atoms with Gasteiger partial charge in [0.25, 0.3) is 0 Å². The number of hydrogen-bond acceptors (Lipinski definition) is 0. The quantitative estimate of drug-likeness (QED) is 0.656. The smallest absolute Gasteiger partial charge is 0.0878 e. The van der Waals surface area contributed by atoms with E-state index < -0.39 is 0 Å². The third kappa shape index (κ3) is 3.41. The predicted octanol–water partition coefficient (Wildman–Crippen LogP) is 3.51. The fraction of sp³-hybridized carbons (Fsp3) is 0.571. The molecule has 0 nitrogen and oxygen atoms in total. The Balaban J connectivity index is 2.58. The van der Waals surface area contributed by atoms with Crippen LogP contribution in [0, 0.1) is 10.8 Å². The van der Waals surface area contributed by atoms with E-state index in [2.05, 4.69) is 72.2 Å². The third-order valence-electron chi connectivity index (χ3n) is 3.68. The molecule has 1 aromatic carbocycles. The van der Waals surface area contributed by atoms with Crippen molar-refractivity contribution in [1.82, 2.24) is 0 Å². The second-order valence-corrected chi connectivity index (χ2v) is 5.95. The first-order valence-electron chi connectivity index (χ1n) is 5.71. The van der Waals surface area contributed by atoms with Crippen LogP contribution < -0.4 is 5.46 Å². The van der Waals surface area contributed by atoms with E-state index in [-0.39, 0.29) is 0 Å². The lowest BCUT2D eigenvalue weighted by Gasteiger charge is -2.39. The summed E-state index contributed by atoms with van der Waals surface area (Å²) < 4.78 is 0. The van der Waals surface area contributed by atoms with Crippen molar-refractivity contribution in [3.05, 3.63) is 30.3 Å². The molecule has 0 saturated heterocycles. The highest BCUT2D eigenvalue weighted by molar-refractivity contribution is 6.53. The summed E-state index contributed by atoms with van der Waals surface area (Å²) in [7, 11) is 2.34. The monoisotopic (exact) mass is 201 g/mol. The molecule has 0 aliphatic heterocycles. The van der Waals surface area contributed by atoms with Crippen LogP contribution in [0.4, 0.5) is 0 Å². The molecule has 81 valence electrons. The molecule has 1 rings (SSSR count). The van der Waals surface area contributed by atoms with Crippen LogP contribution >= 0.6 is 0 Å². The van der Waals surface area contributed by atoms with Crippen LogP contribution in [0.15, 0.2) is 30.3 Å². The highest BCUT2D eigenvalue weighted by Crippen LogP contribution is 2.40. The normalized spacial score (nSPS) is 12.6. The lowest BCUT2D eigenvalue weighted by molar-refractivity contribution is 0.157. The van der Waals surface area contributed by atoms with Crippen LogP contribution in [-0.2, 0) is 0 Å². The molecule has 1 radical (unpaired) electrons. The second-order valence-electron chi connectivity index (χ2n) is 5.95. The van der Waals surface area contributed by atoms with Crippen molar-refractivity contribution >= 4 is 12.7 Å². The molecule has 0 atom stereocenters. The van der Waals surface area contributed by atoms with Crippen molar-refractivity contribution in [2.75, 3.05) is 0 Å². The van der Waals surface area contributed by atoms with Crippen molar-refractivity contribution < 1.29 is 0 Å². The fourth-order valence-electron chi connectivity index (χ4n) is 1.27. The van der Waals surface area contributed by atoms with Crippen molar-refractivity contribution in [3.63, 3.8) is 0 Å². The van der Waals surface area contributed by atoms with Crippen molar-refractivity contribution in [2.45, 2.75) is 40.9 Å². The Hall–Kier alpha value is -0.715. The first kappa shape index (κ1) is 12.4. The van der Waals surface area contributed by atoms with Gasteiger partial charge in [0.2, 0.25) is 0 Å². The standard InChI is InChI=1S/C14H22B/c1-13(2,3)14(4,5)11-15-12-9-7-6-8-10-12/h6-10H,11H2,1-5H3. The van der Waals surface area contributed by atoms with E-state index in [9.17, 15) is 0 Å². The van der Waals surface area contributed by atoms with Crippen molar-refractivity contribution in [2.24, 2.45) is 10.8 Å². The summed E-state index contributed by atoms with van der Waals surface area (Å²) in [4.78, 5) is 0. The van der Waals surface area contributed by atoms with Gasteiger partial charge in [0.05, 0.1) is 0 Å². The van der Waals surface area contributed by atoms with Crippen LogP contribution in [0.1, 0.15) is 34.6 Å². The predicted molar refractivity (Wildman–Crippen MR) is 69.9 cm³/mol. The lowest BCUT2D eigenvalue weighted by Crippen LogP contribution is -2.33. The van der Waals surface area contributed by atoms with E-state index in [0.29, 0.717) is 10.8 Å². The molecule has 0 saturated carbocycles. The molecule has 0 aliphatic carbocycles. The van der Waals surface area contributed by atoms with Crippen LogP contribution in [0.3, 0.4) is 0 Å². The van der Waals surface area contributed by atoms with Gasteiger partial charge >= 0.3 is 0 Å². The van der Waals surface area contributed by atoms with Gasteiger partial charge in [-0.3, -0.25) is 0 Å². The minimum Gasteiger partial charge on any atom is -0.0878 e. The largest absolute Gasteiger partial charge is 0.152 e. The maximum absolute atomic E-state index is 2.34. The van der Waals surface area contributed by atoms with E-state index >= 15 is 0 Å². The van der Waals surface area contributed by atoms with E-state index in [1.54, 1.807) is 0 Å². The van der Waals surface area contributed by atoms with Crippen molar-refractivity contribution in [1.29, 1.82) is 0 Å². The lowest BCUT2D eigenvalue weighted by atomic mass is 9.53. The Bertz CT molecular complexity index is 293. The maximum Gasteiger partial charge on any atom is 0.152 e. The average Bonchev–Trinajstić information content (AvgIpc) is 2.15. The van der Waals surface area contributed by atoms with E-state index in [1.807, 2.05) is 0 Å². The summed E-state index contributed by atoms with van der Waals surface area (Å²) in [6, 6.07) is 10.6. The summed E-state index contributed by atoms with van der Waals surface area (Å²) >= 11 is 0. The highest BCUT2D eigenvalue weighted by atomic mass is 14.3. The summed E-state index contributed by atoms with van der Waals surface area (Å²) in [5, 5.41) is 0. The topological polar surface area (TPSA) is 0 Å². The minimum atomic E-state index is 0.336. The Labute approximate surface area is 95.3 Å². The van der Waals surface area contributed by atoms with Gasteiger partial charge in [-0.1, -0.05) is 76.7 Å². The summed E-state index contributed by atoms with van der Waals surface area (Å²) in [5.41, 5.74) is 2.01. The van der Waals surface area contributed by atoms with Crippen LogP contribution in [-0.4, -0.2) is 7.28 Å². The van der Waals surface area contributed by atoms with Gasteiger partial charge in [-0.2, -0.15) is 0 Å². The molecule has 15 heavy (non-hydrogen) atoms. The fourth-order valence-corrected chi connectivity index (χ4v) is 1.27. The molecule has 1 heteroatoms. The zero-order valence-electron chi connectivity index (χ0n) is 10.7. The summed E-state index contributed by atoms with van der Waals surface area (Å²) in [5.74, 6) is 0. The van der Waals surface area contributed by atoms with E-state index in [1.165, 1.54) is 5.46 Å². The zero-order chi connectivity index (χ0) is 11.5. The van der Waals surface area contributed by atoms with Crippen LogP contribution in [0.25, 0.3) is 0 Å².